The molecule has 0 bridgehead atoms. The Morgan fingerprint density at radius 1 is 1.00 bits per heavy atom. The van der Waals surface area contributed by atoms with E-state index in [4.69, 9.17) is 0 Å². The summed E-state index contributed by atoms with van der Waals surface area (Å²) in [5, 5.41) is 3.06. The molecular formula is C24H26N2O2. The van der Waals surface area contributed by atoms with Gasteiger partial charge in [-0.05, 0) is 38.0 Å². The third-order valence-electron chi connectivity index (χ3n) is 5.05. The fourth-order valence-corrected chi connectivity index (χ4v) is 3.49. The molecule has 4 heteroatoms. The molecule has 0 radical (unpaired) electrons. The summed E-state index contributed by atoms with van der Waals surface area (Å²) in [6.07, 6.45) is 0.351. The maximum absolute atomic E-state index is 12.5. The van der Waals surface area contributed by atoms with Crippen molar-refractivity contribution in [1.82, 2.24) is 9.88 Å². The Labute approximate surface area is 166 Å². The lowest BCUT2D eigenvalue weighted by Crippen LogP contribution is -2.27. The first-order valence-corrected chi connectivity index (χ1v) is 9.58. The number of carbonyl (C=O) groups is 2. The Hall–Kier alpha value is -3.14. The largest absolute Gasteiger partial charge is 0.350 e. The van der Waals surface area contributed by atoms with Crippen LogP contribution < -0.4 is 5.32 Å². The van der Waals surface area contributed by atoms with E-state index in [-0.39, 0.29) is 17.7 Å². The lowest BCUT2D eigenvalue weighted by molar-refractivity contribution is -0.121. The van der Waals surface area contributed by atoms with Crippen molar-refractivity contribution in [2.24, 2.45) is 0 Å². The highest BCUT2D eigenvalue weighted by atomic mass is 16.1. The van der Waals surface area contributed by atoms with Gasteiger partial charge in [0.2, 0.25) is 5.91 Å². The van der Waals surface area contributed by atoms with Crippen LogP contribution in [0.15, 0.2) is 66.7 Å². The maximum atomic E-state index is 12.5. The number of hydrogen-bond acceptors (Lipinski definition) is 2. The van der Waals surface area contributed by atoms with Crippen LogP contribution >= 0.6 is 0 Å². The van der Waals surface area contributed by atoms with Gasteiger partial charge in [-0.1, -0.05) is 60.7 Å². The van der Waals surface area contributed by atoms with Gasteiger partial charge in [0.1, 0.15) is 0 Å². The van der Waals surface area contributed by atoms with Crippen molar-refractivity contribution in [1.29, 1.82) is 0 Å². The van der Waals surface area contributed by atoms with Gasteiger partial charge in [-0.3, -0.25) is 9.59 Å². The van der Waals surface area contributed by atoms with Crippen LogP contribution in [0.3, 0.4) is 0 Å². The van der Waals surface area contributed by atoms with Crippen LogP contribution in [0.1, 0.15) is 47.9 Å². The van der Waals surface area contributed by atoms with Crippen LogP contribution in [0.4, 0.5) is 0 Å². The average Bonchev–Trinajstić information content (AvgIpc) is 3.04. The second-order valence-electron chi connectivity index (χ2n) is 7.05. The van der Waals surface area contributed by atoms with Crippen LogP contribution in [0.5, 0.6) is 0 Å². The minimum Gasteiger partial charge on any atom is -0.350 e. The first-order chi connectivity index (χ1) is 13.5. The van der Waals surface area contributed by atoms with Crippen molar-refractivity contribution in [2.75, 3.05) is 0 Å². The summed E-state index contributed by atoms with van der Waals surface area (Å²) in [6.45, 7) is 6.03. The summed E-state index contributed by atoms with van der Waals surface area (Å²) < 4.78 is 2.07. The van der Waals surface area contributed by atoms with Gasteiger partial charge in [0.05, 0.1) is 6.04 Å². The molecule has 2 aromatic carbocycles. The zero-order valence-electron chi connectivity index (χ0n) is 16.6. The Morgan fingerprint density at radius 2 is 1.61 bits per heavy atom. The quantitative estimate of drug-likeness (QED) is 0.596. The van der Waals surface area contributed by atoms with Gasteiger partial charge in [0.25, 0.3) is 0 Å². The van der Waals surface area contributed by atoms with Gasteiger partial charge in [-0.15, -0.1) is 0 Å². The molecule has 0 fully saturated rings. The Balaban J connectivity index is 1.76. The summed E-state index contributed by atoms with van der Waals surface area (Å²) in [7, 11) is 0. The number of carbonyl (C=O) groups excluding carboxylic acids is 2. The smallest absolute Gasteiger partial charge is 0.222 e. The van der Waals surface area contributed by atoms with Crippen LogP contribution in [0.2, 0.25) is 0 Å². The predicted molar refractivity (Wildman–Crippen MR) is 112 cm³/mol. The molecule has 1 N–H and O–H groups in total. The van der Waals surface area contributed by atoms with E-state index in [1.54, 1.807) is 6.92 Å². The molecule has 28 heavy (non-hydrogen) atoms. The van der Waals surface area contributed by atoms with Gasteiger partial charge in [-0.25, -0.2) is 0 Å². The van der Waals surface area contributed by atoms with E-state index >= 15 is 0 Å². The molecule has 0 saturated carbocycles. The number of hydrogen-bond donors (Lipinski definition) is 1. The SMILES string of the molecule is CC(=O)c1cc(-c2ccccc2)n(CCC(=O)N[C@H](C)c2ccccc2)c1C. The summed E-state index contributed by atoms with van der Waals surface area (Å²) >= 11 is 0. The molecule has 0 aliphatic rings. The first-order valence-electron chi connectivity index (χ1n) is 9.58. The highest BCUT2D eigenvalue weighted by molar-refractivity contribution is 5.96. The zero-order valence-corrected chi connectivity index (χ0v) is 16.6. The number of nitrogens with zero attached hydrogens (tertiary/aromatic N) is 1. The van der Waals surface area contributed by atoms with Crippen LogP contribution in [0, 0.1) is 6.92 Å². The molecule has 0 saturated heterocycles. The molecule has 4 nitrogen and oxygen atoms in total. The minimum atomic E-state index is -0.0409. The van der Waals surface area contributed by atoms with Gasteiger partial charge in [-0.2, -0.15) is 0 Å². The monoisotopic (exact) mass is 374 g/mol. The zero-order chi connectivity index (χ0) is 20.1. The topological polar surface area (TPSA) is 51.1 Å². The second-order valence-corrected chi connectivity index (χ2v) is 7.05. The van der Waals surface area contributed by atoms with Crippen molar-refractivity contribution in [3.8, 4) is 11.3 Å². The third kappa shape index (κ3) is 4.39. The van der Waals surface area contributed by atoms with Gasteiger partial charge in [0, 0.05) is 29.9 Å². The molecule has 0 spiro atoms. The summed E-state index contributed by atoms with van der Waals surface area (Å²) in [5.41, 5.74) is 4.69. The normalized spacial score (nSPS) is 11.8. The number of rotatable bonds is 7. The Morgan fingerprint density at radius 3 is 2.21 bits per heavy atom. The highest BCUT2D eigenvalue weighted by Gasteiger charge is 2.17. The Kier molecular flexibility index (Phi) is 6.09. The lowest BCUT2D eigenvalue weighted by Gasteiger charge is -2.16. The van der Waals surface area contributed by atoms with Crippen molar-refractivity contribution in [3.63, 3.8) is 0 Å². The molecule has 3 aromatic rings. The highest BCUT2D eigenvalue weighted by Crippen LogP contribution is 2.26. The van der Waals surface area contributed by atoms with E-state index < -0.39 is 0 Å². The number of Topliss-reactive ketones (excluding diaryl/α,β-unsaturated/α-hetero) is 1. The van der Waals surface area contributed by atoms with E-state index in [9.17, 15) is 9.59 Å². The van der Waals surface area contributed by atoms with Crippen molar-refractivity contribution < 1.29 is 9.59 Å². The third-order valence-corrected chi connectivity index (χ3v) is 5.05. The van der Waals surface area contributed by atoms with Crippen molar-refractivity contribution >= 4 is 11.7 Å². The summed E-state index contributed by atoms with van der Waals surface area (Å²) in [5.74, 6) is 0.0309. The molecule has 0 aliphatic carbocycles. The first kappa shape index (κ1) is 19.6. The second kappa shape index (κ2) is 8.70. The molecule has 1 atom stereocenters. The molecular weight excluding hydrogens is 348 g/mol. The van der Waals surface area contributed by atoms with E-state index in [0.29, 0.717) is 18.5 Å². The van der Waals surface area contributed by atoms with Crippen molar-refractivity contribution in [3.05, 3.63) is 83.6 Å². The number of benzene rings is 2. The minimum absolute atomic E-state index is 0.00663. The average molecular weight is 374 g/mol. The molecule has 144 valence electrons. The molecule has 1 aromatic heterocycles. The molecule has 0 unspecified atom stereocenters. The van der Waals surface area contributed by atoms with E-state index in [1.807, 2.05) is 80.6 Å². The predicted octanol–water partition coefficient (Wildman–Crippen LogP) is 4.93. The molecule has 1 heterocycles. The van der Waals surface area contributed by atoms with Gasteiger partial charge >= 0.3 is 0 Å². The summed E-state index contributed by atoms with van der Waals surface area (Å²) in [4.78, 5) is 24.5. The summed E-state index contributed by atoms with van der Waals surface area (Å²) in [6, 6.07) is 21.8. The number of nitrogens with one attached hydrogen (secondary N) is 1. The number of amides is 1. The maximum Gasteiger partial charge on any atom is 0.222 e. The van der Waals surface area contributed by atoms with Crippen LogP contribution in [0.25, 0.3) is 11.3 Å². The van der Waals surface area contributed by atoms with Crippen LogP contribution in [-0.4, -0.2) is 16.3 Å². The molecule has 3 rings (SSSR count). The van der Waals surface area contributed by atoms with E-state index in [1.165, 1.54) is 0 Å². The van der Waals surface area contributed by atoms with E-state index in [2.05, 4.69) is 9.88 Å². The number of ketones is 1. The molecule has 1 amide bonds. The molecule has 0 aliphatic heterocycles. The standard InChI is InChI=1S/C24H26N2O2/c1-17(20-10-6-4-7-11-20)25-24(28)14-15-26-18(2)22(19(3)27)16-23(26)21-12-8-5-9-13-21/h4-13,16-17H,14-15H2,1-3H3,(H,25,28)/t17-/m1/s1. The lowest BCUT2D eigenvalue weighted by atomic mass is 10.1. The van der Waals surface area contributed by atoms with Gasteiger partial charge < -0.3 is 9.88 Å². The van der Waals surface area contributed by atoms with Crippen molar-refractivity contribution in [2.45, 2.75) is 39.8 Å². The number of aromatic nitrogens is 1. The Bertz CT molecular complexity index is 959. The fraction of sp³-hybridized carbons (Fsp3) is 0.250. The van der Waals surface area contributed by atoms with Crippen LogP contribution in [-0.2, 0) is 11.3 Å². The van der Waals surface area contributed by atoms with Gasteiger partial charge in [0.15, 0.2) is 5.78 Å². The fourth-order valence-electron chi connectivity index (χ4n) is 3.49. The van der Waals surface area contributed by atoms with E-state index in [0.717, 1.165) is 22.5 Å².